The van der Waals surface area contributed by atoms with Gasteiger partial charge in [-0.2, -0.15) is 0 Å². The lowest BCUT2D eigenvalue weighted by atomic mass is 10.0. The molecule has 4 aromatic rings. The summed E-state index contributed by atoms with van der Waals surface area (Å²) in [6.45, 7) is 8.85. The maximum absolute atomic E-state index is 13.5. The van der Waals surface area contributed by atoms with Crippen molar-refractivity contribution in [1.29, 1.82) is 0 Å². The van der Waals surface area contributed by atoms with Crippen LogP contribution in [-0.2, 0) is 9.59 Å². The number of carbonyl (C=O) groups is 3. The van der Waals surface area contributed by atoms with Crippen LogP contribution >= 0.6 is 11.8 Å². The highest BCUT2D eigenvalue weighted by atomic mass is 32.2. The molecule has 1 unspecified atom stereocenters. The van der Waals surface area contributed by atoms with Crippen molar-refractivity contribution >= 4 is 46.9 Å². The summed E-state index contributed by atoms with van der Waals surface area (Å²) in [5, 5.41) is 8.24. The van der Waals surface area contributed by atoms with E-state index >= 15 is 0 Å². The fraction of sp³-hybridized carbons (Fsp3) is 0.237. The molecule has 7 nitrogen and oxygen atoms in total. The molecule has 4 rings (SSSR count). The van der Waals surface area contributed by atoms with E-state index in [9.17, 15) is 14.4 Å². The summed E-state index contributed by atoms with van der Waals surface area (Å²) in [5.41, 5.74) is 3.75. The predicted molar refractivity (Wildman–Crippen MR) is 188 cm³/mol. The molecule has 0 saturated carbocycles. The topological polar surface area (TPSA) is 96.5 Å². The normalized spacial score (nSPS) is 11.9. The molecule has 0 radical (unpaired) electrons. The minimum absolute atomic E-state index is 0.110. The van der Waals surface area contributed by atoms with E-state index in [1.165, 1.54) is 17.3 Å². The van der Waals surface area contributed by atoms with Crippen LogP contribution in [0.4, 0.5) is 11.4 Å². The van der Waals surface area contributed by atoms with Gasteiger partial charge in [0.05, 0.1) is 11.9 Å². The maximum atomic E-state index is 13.5. The van der Waals surface area contributed by atoms with Crippen molar-refractivity contribution in [2.75, 3.05) is 17.2 Å². The smallest absolute Gasteiger partial charge is 0.272 e. The first-order valence-electron chi connectivity index (χ1n) is 15.5. The standard InChI is InChI=1S/C38H41N3O4S/c1-5-6-23-45-33-21-19-31(20-22-33)39-36(42)27(4)46-34-14-10-13-32(25-34)40-38(44)35(41-37(43)30-11-8-7-9-12-30)24-28-15-17-29(18-16-28)26(2)3/h7-22,24-27H,5-6,23H2,1-4H3,(H,39,42)(H,40,44)(H,41,43)/b35-24+. The summed E-state index contributed by atoms with van der Waals surface area (Å²) >= 11 is 1.38. The van der Waals surface area contributed by atoms with Gasteiger partial charge in [-0.1, -0.05) is 75.7 Å². The van der Waals surface area contributed by atoms with Crippen LogP contribution in [0.3, 0.4) is 0 Å². The summed E-state index contributed by atoms with van der Waals surface area (Å²) in [6, 6.07) is 31.3. The molecule has 0 bridgehead atoms. The van der Waals surface area contributed by atoms with E-state index in [0.717, 1.165) is 29.1 Å². The molecule has 46 heavy (non-hydrogen) atoms. The molecule has 0 fully saturated rings. The van der Waals surface area contributed by atoms with E-state index in [-0.39, 0.29) is 17.5 Å². The van der Waals surface area contributed by atoms with E-state index in [1.807, 2.05) is 79.7 Å². The summed E-state index contributed by atoms with van der Waals surface area (Å²) in [6.07, 6.45) is 3.72. The van der Waals surface area contributed by atoms with Crippen LogP contribution in [0.25, 0.3) is 6.08 Å². The lowest BCUT2D eigenvalue weighted by molar-refractivity contribution is -0.115. The highest BCUT2D eigenvalue weighted by molar-refractivity contribution is 8.00. The first kappa shape index (κ1) is 34.1. The van der Waals surface area contributed by atoms with Gasteiger partial charge in [0.15, 0.2) is 0 Å². The van der Waals surface area contributed by atoms with E-state index in [1.54, 1.807) is 36.4 Å². The molecule has 3 N–H and O–H groups in total. The van der Waals surface area contributed by atoms with E-state index in [4.69, 9.17) is 4.74 Å². The van der Waals surface area contributed by atoms with Crippen LogP contribution in [0, 0.1) is 0 Å². The van der Waals surface area contributed by atoms with Gasteiger partial charge in [0, 0.05) is 21.8 Å². The van der Waals surface area contributed by atoms with Crippen LogP contribution in [0.15, 0.2) is 114 Å². The Morgan fingerprint density at radius 3 is 2.20 bits per heavy atom. The zero-order chi connectivity index (χ0) is 32.9. The molecule has 0 aliphatic rings. The number of ether oxygens (including phenoxy) is 1. The quantitative estimate of drug-likeness (QED) is 0.0733. The van der Waals surface area contributed by atoms with Crippen LogP contribution < -0.4 is 20.7 Å². The van der Waals surface area contributed by atoms with Crippen molar-refractivity contribution in [3.8, 4) is 5.75 Å². The Balaban J connectivity index is 1.43. The first-order chi connectivity index (χ1) is 22.2. The summed E-state index contributed by atoms with van der Waals surface area (Å²) in [5.74, 6) is 0.154. The van der Waals surface area contributed by atoms with Crippen LogP contribution in [0.5, 0.6) is 5.75 Å². The Kier molecular flexibility index (Phi) is 12.6. The highest BCUT2D eigenvalue weighted by Crippen LogP contribution is 2.27. The van der Waals surface area contributed by atoms with Crippen molar-refractivity contribution in [2.45, 2.75) is 56.6 Å². The van der Waals surface area contributed by atoms with Crippen molar-refractivity contribution in [2.24, 2.45) is 0 Å². The van der Waals surface area contributed by atoms with Gasteiger partial charge >= 0.3 is 0 Å². The minimum atomic E-state index is -0.465. The average Bonchev–Trinajstić information content (AvgIpc) is 3.06. The third-order valence-corrected chi connectivity index (χ3v) is 8.20. The number of anilines is 2. The maximum Gasteiger partial charge on any atom is 0.272 e. The highest BCUT2D eigenvalue weighted by Gasteiger charge is 2.18. The van der Waals surface area contributed by atoms with Crippen LogP contribution in [-0.4, -0.2) is 29.6 Å². The Bertz CT molecular complexity index is 1640. The number of nitrogens with one attached hydrogen (secondary N) is 3. The zero-order valence-corrected chi connectivity index (χ0v) is 27.5. The SMILES string of the molecule is CCCCOc1ccc(NC(=O)C(C)Sc2cccc(NC(=O)/C(=C\c3ccc(C(C)C)cc3)NC(=O)c3ccccc3)c2)cc1. The van der Waals surface area contributed by atoms with Crippen LogP contribution in [0.2, 0.25) is 0 Å². The summed E-state index contributed by atoms with van der Waals surface area (Å²) < 4.78 is 5.70. The molecule has 0 aliphatic carbocycles. The molecule has 3 amide bonds. The Morgan fingerprint density at radius 2 is 1.52 bits per heavy atom. The van der Waals surface area contributed by atoms with Crippen molar-refractivity contribution < 1.29 is 19.1 Å². The van der Waals surface area contributed by atoms with Crippen LogP contribution in [0.1, 0.15) is 67.9 Å². The van der Waals surface area contributed by atoms with Gasteiger partial charge in [-0.3, -0.25) is 14.4 Å². The lowest BCUT2D eigenvalue weighted by Gasteiger charge is -2.14. The van der Waals surface area contributed by atoms with Gasteiger partial charge in [-0.05, 0) is 91.1 Å². The predicted octanol–water partition coefficient (Wildman–Crippen LogP) is 8.52. The molecule has 0 heterocycles. The van der Waals surface area contributed by atoms with Gasteiger partial charge in [0.1, 0.15) is 11.4 Å². The Morgan fingerprint density at radius 1 is 0.804 bits per heavy atom. The summed E-state index contributed by atoms with van der Waals surface area (Å²) in [7, 11) is 0. The van der Waals surface area contributed by atoms with Gasteiger partial charge in [-0.25, -0.2) is 0 Å². The van der Waals surface area contributed by atoms with Crippen molar-refractivity contribution in [1.82, 2.24) is 5.32 Å². The number of carbonyl (C=O) groups excluding carboxylic acids is 3. The molecule has 4 aromatic carbocycles. The number of thioether (sulfide) groups is 1. The zero-order valence-electron chi connectivity index (χ0n) is 26.7. The van der Waals surface area contributed by atoms with Gasteiger partial charge in [0.25, 0.3) is 11.8 Å². The Hall–Kier alpha value is -4.82. The third kappa shape index (κ3) is 10.4. The lowest BCUT2D eigenvalue weighted by Crippen LogP contribution is -2.30. The number of hydrogen-bond donors (Lipinski definition) is 3. The number of unbranched alkanes of at least 4 members (excludes halogenated alkanes) is 1. The van der Waals surface area contributed by atoms with Gasteiger partial charge in [0.2, 0.25) is 5.91 Å². The Labute approximate surface area is 275 Å². The first-order valence-corrected chi connectivity index (χ1v) is 16.4. The van der Waals surface area contributed by atoms with Gasteiger partial charge in [-0.15, -0.1) is 11.8 Å². The second kappa shape index (κ2) is 17.0. The van der Waals surface area contributed by atoms with E-state index < -0.39 is 11.2 Å². The minimum Gasteiger partial charge on any atom is -0.494 e. The number of amides is 3. The summed E-state index contributed by atoms with van der Waals surface area (Å²) in [4.78, 5) is 40.3. The number of benzene rings is 4. The van der Waals surface area contributed by atoms with E-state index in [0.29, 0.717) is 29.5 Å². The second-order valence-electron chi connectivity index (χ2n) is 11.2. The fourth-order valence-electron chi connectivity index (χ4n) is 4.40. The van der Waals surface area contributed by atoms with Gasteiger partial charge < -0.3 is 20.7 Å². The van der Waals surface area contributed by atoms with E-state index in [2.05, 4.69) is 36.7 Å². The van der Waals surface area contributed by atoms with Crippen molar-refractivity contribution in [3.05, 3.63) is 126 Å². The average molecular weight is 636 g/mol. The van der Waals surface area contributed by atoms with Crippen molar-refractivity contribution in [3.63, 3.8) is 0 Å². The largest absolute Gasteiger partial charge is 0.494 e. The third-order valence-electron chi connectivity index (χ3n) is 7.11. The molecule has 1 atom stereocenters. The number of rotatable bonds is 14. The fourth-order valence-corrected chi connectivity index (χ4v) is 5.33. The molecule has 0 saturated heterocycles. The molecule has 0 aromatic heterocycles. The second-order valence-corrected chi connectivity index (χ2v) is 12.6. The molecule has 8 heteroatoms. The monoisotopic (exact) mass is 635 g/mol. The molecular weight excluding hydrogens is 595 g/mol. The molecule has 0 spiro atoms. The molecule has 0 aliphatic heterocycles. The molecule has 238 valence electrons. The molecular formula is C38H41N3O4S. The number of hydrogen-bond acceptors (Lipinski definition) is 5.